The molecule has 4 nitrogen and oxygen atoms in total. The van der Waals surface area contributed by atoms with Gasteiger partial charge < -0.3 is 5.11 Å². The van der Waals surface area contributed by atoms with Gasteiger partial charge >= 0.3 is 5.97 Å². The van der Waals surface area contributed by atoms with E-state index in [1.54, 1.807) is 0 Å². The molecule has 0 saturated heterocycles. The Labute approximate surface area is 63.2 Å². The van der Waals surface area contributed by atoms with Gasteiger partial charge in [-0.2, -0.15) is 0 Å². The average Bonchev–Trinajstić information content (AvgIpc) is 2.33. The van der Waals surface area contributed by atoms with Crippen LogP contribution >= 0.6 is 0 Å². The minimum Gasteiger partial charge on any atom is -0.478 e. The molecule has 0 aromatic carbocycles. The molecule has 0 atom stereocenters. The van der Waals surface area contributed by atoms with Crippen molar-refractivity contribution in [2.75, 3.05) is 0 Å². The van der Waals surface area contributed by atoms with Crippen LogP contribution in [0, 0.1) is 0 Å². The van der Waals surface area contributed by atoms with Gasteiger partial charge in [0.25, 0.3) is 0 Å². The number of hydrogen-bond acceptors (Lipinski definition) is 3. The van der Waals surface area contributed by atoms with Crippen LogP contribution in [-0.2, 0) is 9.59 Å². The number of carboxylic acid groups (broad SMARTS) is 1. The van der Waals surface area contributed by atoms with Crippen LogP contribution in [0.5, 0.6) is 0 Å². The summed E-state index contributed by atoms with van der Waals surface area (Å²) in [6.07, 6.45) is 1.38. The summed E-state index contributed by atoms with van der Waals surface area (Å²) in [6.45, 7) is 1.37. The van der Waals surface area contributed by atoms with E-state index in [-0.39, 0.29) is 17.8 Å². The quantitative estimate of drug-likeness (QED) is 0.623. The van der Waals surface area contributed by atoms with Gasteiger partial charge in [-0.25, -0.2) is 4.79 Å². The summed E-state index contributed by atoms with van der Waals surface area (Å²) >= 11 is 0. The lowest BCUT2D eigenvalue weighted by Gasteiger charge is -1.92. The summed E-state index contributed by atoms with van der Waals surface area (Å²) in [7, 11) is 0. The number of ketones is 1. The highest BCUT2D eigenvalue weighted by Crippen LogP contribution is 2.11. The molecular formula is C7H7NO3. The van der Waals surface area contributed by atoms with E-state index in [2.05, 4.69) is 4.99 Å². The summed E-state index contributed by atoms with van der Waals surface area (Å²) in [6, 6.07) is 0. The maximum atomic E-state index is 10.7. The third-order valence-electron chi connectivity index (χ3n) is 1.42. The van der Waals surface area contributed by atoms with Crippen LogP contribution in [0.4, 0.5) is 0 Å². The molecule has 0 aromatic heterocycles. The van der Waals surface area contributed by atoms with Crippen molar-refractivity contribution in [2.45, 2.75) is 13.3 Å². The lowest BCUT2D eigenvalue weighted by molar-refractivity contribution is -0.132. The Morgan fingerprint density at radius 1 is 1.64 bits per heavy atom. The van der Waals surface area contributed by atoms with Gasteiger partial charge in [0.2, 0.25) is 0 Å². The highest BCUT2D eigenvalue weighted by molar-refractivity contribution is 6.41. The summed E-state index contributed by atoms with van der Waals surface area (Å²) < 4.78 is 0. The molecule has 1 rings (SSSR count). The number of carboxylic acids is 1. The minimum atomic E-state index is -1.01. The fourth-order valence-corrected chi connectivity index (χ4v) is 0.774. The van der Waals surface area contributed by atoms with E-state index in [0.29, 0.717) is 5.71 Å². The zero-order chi connectivity index (χ0) is 8.43. The van der Waals surface area contributed by atoms with E-state index >= 15 is 0 Å². The Bertz CT molecular complexity index is 247. The first-order valence-corrected chi connectivity index (χ1v) is 3.11. The van der Waals surface area contributed by atoms with Gasteiger partial charge in [-0.1, -0.05) is 0 Å². The number of hydrogen-bond donors (Lipinski definition) is 1. The number of carbonyl (C=O) groups excluding carboxylic acids is 1. The molecule has 1 aliphatic rings. The normalized spacial score (nSPS) is 15.7. The van der Waals surface area contributed by atoms with Gasteiger partial charge in [-0.3, -0.25) is 9.79 Å². The Kier molecular flexibility index (Phi) is 1.85. The lowest BCUT2D eigenvalue weighted by atomic mass is 10.1. The van der Waals surface area contributed by atoms with Crippen molar-refractivity contribution in [1.29, 1.82) is 0 Å². The molecule has 11 heavy (non-hydrogen) atoms. The molecule has 4 heteroatoms. The van der Waals surface area contributed by atoms with Gasteiger partial charge in [-0.15, -0.1) is 0 Å². The Morgan fingerprint density at radius 2 is 2.27 bits per heavy atom. The fraction of sp³-hybridized carbons (Fsp3) is 0.286. The number of rotatable bonds is 2. The molecule has 0 unspecified atom stereocenters. The number of nitrogens with zero attached hydrogens (tertiary/aromatic N) is 1. The van der Waals surface area contributed by atoms with Gasteiger partial charge in [-0.05, 0) is 0 Å². The van der Waals surface area contributed by atoms with Gasteiger partial charge in [0, 0.05) is 19.5 Å². The average molecular weight is 153 g/mol. The largest absolute Gasteiger partial charge is 0.478 e. The van der Waals surface area contributed by atoms with E-state index in [1.165, 1.54) is 13.1 Å². The van der Waals surface area contributed by atoms with E-state index < -0.39 is 5.97 Å². The number of Topliss-reactive ketones (excluding diaryl/α,β-unsaturated/α-hetero) is 1. The summed E-state index contributed by atoms with van der Waals surface area (Å²) in [5.41, 5.74) is 0.498. The lowest BCUT2D eigenvalue weighted by Crippen LogP contribution is -2.09. The molecule has 1 heterocycles. The van der Waals surface area contributed by atoms with Crippen molar-refractivity contribution >= 4 is 17.5 Å². The second kappa shape index (κ2) is 2.65. The Hall–Kier alpha value is -1.45. The van der Waals surface area contributed by atoms with Crippen LogP contribution < -0.4 is 0 Å². The maximum absolute atomic E-state index is 10.7. The Morgan fingerprint density at radius 3 is 2.55 bits per heavy atom. The topological polar surface area (TPSA) is 66.7 Å². The predicted octanol–water partition coefficient (Wildman–Crippen LogP) is 0.389. The third kappa shape index (κ3) is 1.52. The van der Waals surface area contributed by atoms with E-state index in [9.17, 15) is 9.59 Å². The van der Waals surface area contributed by atoms with E-state index in [0.717, 1.165) is 0 Å². The number of aliphatic imine (C=N–C) groups is 1. The number of carbonyl (C=O) groups is 2. The van der Waals surface area contributed by atoms with Crippen molar-refractivity contribution in [1.82, 2.24) is 0 Å². The van der Waals surface area contributed by atoms with Crippen LogP contribution in [0.3, 0.4) is 0 Å². The molecule has 0 aromatic rings. The SMILES string of the molecule is CC(=O)C1=NC=C(C(=O)O)C1. The summed E-state index contributed by atoms with van der Waals surface area (Å²) in [5, 5.41) is 8.46. The standard InChI is InChI=1S/C7H7NO3/c1-4(9)6-2-5(3-8-6)7(10)11/h3H,2H2,1H3,(H,10,11). The Balaban J connectivity index is 2.66. The van der Waals surface area contributed by atoms with E-state index in [1.807, 2.05) is 0 Å². The highest BCUT2D eigenvalue weighted by Gasteiger charge is 2.18. The monoisotopic (exact) mass is 153 g/mol. The zero-order valence-corrected chi connectivity index (χ0v) is 6.00. The van der Waals surface area contributed by atoms with Gasteiger partial charge in [0.05, 0.1) is 11.3 Å². The molecule has 58 valence electrons. The second-order valence-electron chi connectivity index (χ2n) is 2.27. The van der Waals surface area contributed by atoms with Crippen LogP contribution in [0.2, 0.25) is 0 Å². The summed E-state index contributed by atoms with van der Waals surface area (Å²) in [5.74, 6) is -1.18. The van der Waals surface area contributed by atoms with Crippen LogP contribution in [0.15, 0.2) is 16.8 Å². The van der Waals surface area contributed by atoms with Crippen molar-refractivity contribution in [3.63, 3.8) is 0 Å². The minimum absolute atomic E-state index is 0.157. The first-order valence-electron chi connectivity index (χ1n) is 3.11. The van der Waals surface area contributed by atoms with Crippen molar-refractivity contribution < 1.29 is 14.7 Å². The second-order valence-corrected chi connectivity index (χ2v) is 2.27. The van der Waals surface area contributed by atoms with Crippen molar-refractivity contribution in [2.24, 2.45) is 4.99 Å². The van der Waals surface area contributed by atoms with Gasteiger partial charge in [0.15, 0.2) is 5.78 Å². The van der Waals surface area contributed by atoms with Crippen LogP contribution in [0.1, 0.15) is 13.3 Å². The molecule has 0 bridgehead atoms. The smallest absolute Gasteiger partial charge is 0.333 e. The van der Waals surface area contributed by atoms with Crippen molar-refractivity contribution in [3.8, 4) is 0 Å². The molecule has 1 N–H and O–H groups in total. The van der Waals surface area contributed by atoms with Gasteiger partial charge in [0.1, 0.15) is 0 Å². The van der Waals surface area contributed by atoms with Crippen LogP contribution in [-0.4, -0.2) is 22.6 Å². The third-order valence-corrected chi connectivity index (χ3v) is 1.42. The molecule has 0 spiro atoms. The number of aliphatic carboxylic acids is 1. The molecule has 1 aliphatic heterocycles. The summed E-state index contributed by atoms with van der Waals surface area (Å²) in [4.78, 5) is 24.6. The van der Waals surface area contributed by atoms with Crippen molar-refractivity contribution in [3.05, 3.63) is 11.8 Å². The molecule has 0 fully saturated rings. The van der Waals surface area contributed by atoms with E-state index in [4.69, 9.17) is 5.11 Å². The highest BCUT2D eigenvalue weighted by atomic mass is 16.4. The zero-order valence-electron chi connectivity index (χ0n) is 6.00. The predicted molar refractivity (Wildman–Crippen MR) is 38.5 cm³/mol. The first kappa shape index (κ1) is 7.65. The molecule has 0 saturated carbocycles. The molecule has 0 aliphatic carbocycles. The van der Waals surface area contributed by atoms with Crippen LogP contribution in [0.25, 0.3) is 0 Å². The fourth-order valence-electron chi connectivity index (χ4n) is 0.774. The molecular weight excluding hydrogens is 146 g/mol. The maximum Gasteiger partial charge on any atom is 0.333 e. The molecule has 0 amide bonds. The molecule has 0 radical (unpaired) electrons. The first-order chi connectivity index (χ1) is 5.11.